The van der Waals surface area contributed by atoms with Gasteiger partial charge in [0, 0.05) is 18.2 Å². The molecular weight excluding hydrogens is 447 g/mol. The van der Waals surface area contributed by atoms with Crippen LogP contribution in [0, 0.1) is 0 Å². The summed E-state index contributed by atoms with van der Waals surface area (Å²) in [6.07, 6.45) is -2.87. The molecule has 0 N–H and O–H groups in total. The van der Waals surface area contributed by atoms with Crippen molar-refractivity contribution in [3.8, 4) is 22.3 Å². The molecule has 0 fully saturated rings. The fourth-order valence-electron chi connectivity index (χ4n) is 4.31. The summed E-state index contributed by atoms with van der Waals surface area (Å²) >= 11 is 0. The molecule has 5 rings (SSSR count). The average Bonchev–Trinajstić information content (AvgIpc) is 3.20. The van der Waals surface area contributed by atoms with Crippen molar-refractivity contribution in [1.29, 1.82) is 0 Å². The highest BCUT2D eigenvalue weighted by molar-refractivity contribution is 6.03. The van der Waals surface area contributed by atoms with Crippen LogP contribution in [0.5, 0.6) is 0 Å². The van der Waals surface area contributed by atoms with Gasteiger partial charge in [-0.1, -0.05) is 91.0 Å². The summed E-state index contributed by atoms with van der Waals surface area (Å²) in [4.78, 5) is 9.21. The molecule has 35 heavy (non-hydrogen) atoms. The highest BCUT2D eigenvalue weighted by Crippen LogP contribution is 2.36. The van der Waals surface area contributed by atoms with Crippen molar-refractivity contribution in [3.05, 3.63) is 114 Å². The summed E-state index contributed by atoms with van der Waals surface area (Å²) in [5.74, 6) is 0.574. The first-order valence-corrected chi connectivity index (χ1v) is 11.2. The fourth-order valence-corrected chi connectivity index (χ4v) is 4.31. The molecule has 0 radical (unpaired) electrons. The van der Waals surface area contributed by atoms with Crippen LogP contribution in [-0.2, 0) is 19.8 Å². The molecule has 0 atom stereocenters. The zero-order valence-corrected chi connectivity index (χ0v) is 19.0. The van der Waals surface area contributed by atoms with Gasteiger partial charge in [-0.2, -0.15) is 13.2 Å². The summed E-state index contributed by atoms with van der Waals surface area (Å²) < 4.78 is 42.0. The Morgan fingerprint density at radius 3 is 2.00 bits per heavy atom. The highest BCUT2D eigenvalue weighted by atomic mass is 19.4. The molecule has 6 heteroatoms. The standard InChI is InChI=1S/C29H22F3N3/c1-35-26(19-33-18-22-14-8-9-15-25(22)29(30,31)32)34-27-23(20-10-4-2-5-11-20)16-17-24(28(27)35)21-12-6-3-7-13-21/h2-17,19H,18H2,1H3. The van der Waals surface area contributed by atoms with E-state index in [1.165, 1.54) is 12.1 Å². The summed E-state index contributed by atoms with van der Waals surface area (Å²) in [5, 5.41) is 0. The van der Waals surface area contributed by atoms with Crippen molar-refractivity contribution in [2.75, 3.05) is 0 Å². The fraction of sp³-hybridized carbons (Fsp3) is 0.103. The SMILES string of the molecule is Cn1c(C=NCc2ccccc2C(F)(F)F)nc2c(-c3ccccc3)ccc(-c3ccccc3)c21. The highest BCUT2D eigenvalue weighted by Gasteiger charge is 2.32. The maximum atomic E-state index is 13.3. The molecule has 4 aromatic carbocycles. The van der Waals surface area contributed by atoms with E-state index in [9.17, 15) is 13.2 Å². The lowest BCUT2D eigenvalue weighted by atomic mass is 9.98. The maximum Gasteiger partial charge on any atom is 0.416 e. The third kappa shape index (κ3) is 4.47. The molecule has 0 saturated carbocycles. The number of nitrogens with zero attached hydrogens (tertiary/aromatic N) is 3. The minimum absolute atomic E-state index is 0.0873. The predicted molar refractivity (Wildman–Crippen MR) is 134 cm³/mol. The van der Waals surface area contributed by atoms with Crippen molar-refractivity contribution in [3.63, 3.8) is 0 Å². The zero-order chi connectivity index (χ0) is 24.4. The lowest BCUT2D eigenvalue weighted by Gasteiger charge is -2.10. The first-order valence-electron chi connectivity index (χ1n) is 11.2. The third-order valence-corrected chi connectivity index (χ3v) is 6.02. The Morgan fingerprint density at radius 2 is 1.34 bits per heavy atom. The molecule has 0 spiro atoms. The van der Waals surface area contributed by atoms with Crippen molar-refractivity contribution >= 4 is 17.2 Å². The van der Waals surface area contributed by atoms with Crippen LogP contribution in [0.1, 0.15) is 17.0 Å². The number of aromatic nitrogens is 2. The molecule has 0 amide bonds. The molecule has 5 aromatic rings. The van der Waals surface area contributed by atoms with E-state index in [1.807, 2.05) is 72.3 Å². The monoisotopic (exact) mass is 469 g/mol. The van der Waals surface area contributed by atoms with Crippen LogP contribution in [-0.4, -0.2) is 15.8 Å². The van der Waals surface area contributed by atoms with Gasteiger partial charge in [0.2, 0.25) is 0 Å². The topological polar surface area (TPSA) is 30.2 Å². The summed E-state index contributed by atoms with van der Waals surface area (Å²) in [7, 11) is 1.90. The predicted octanol–water partition coefficient (Wildman–Crippen LogP) is 7.55. The van der Waals surface area contributed by atoms with Crippen LogP contribution in [0.2, 0.25) is 0 Å². The Morgan fingerprint density at radius 1 is 0.771 bits per heavy atom. The van der Waals surface area contributed by atoms with E-state index in [0.29, 0.717) is 5.82 Å². The van der Waals surface area contributed by atoms with E-state index in [4.69, 9.17) is 4.98 Å². The summed E-state index contributed by atoms with van der Waals surface area (Å²) in [5.41, 5.74) is 5.33. The van der Waals surface area contributed by atoms with E-state index in [-0.39, 0.29) is 12.1 Å². The van der Waals surface area contributed by atoms with Crippen LogP contribution >= 0.6 is 0 Å². The largest absolute Gasteiger partial charge is 0.416 e. The Hall–Kier alpha value is -4.19. The normalized spacial score (nSPS) is 12.0. The van der Waals surface area contributed by atoms with Crippen LogP contribution in [0.25, 0.3) is 33.3 Å². The van der Waals surface area contributed by atoms with Crippen LogP contribution in [0.3, 0.4) is 0 Å². The number of fused-ring (bicyclic) bond motifs is 1. The first-order chi connectivity index (χ1) is 16.9. The second kappa shape index (κ2) is 9.22. The molecule has 0 unspecified atom stereocenters. The molecule has 174 valence electrons. The number of alkyl halides is 3. The van der Waals surface area contributed by atoms with Crippen molar-refractivity contribution < 1.29 is 13.2 Å². The molecule has 3 nitrogen and oxygen atoms in total. The van der Waals surface area contributed by atoms with Gasteiger partial charge in [-0.3, -0.25) is 4.99 Å². The molecule has 0 aliphatic carbocycles. The minimum Gasteiger partial charge on any atom is -0.326 e. The van der Waals surface area contributed by atoms with E-state index in [2.05, 4.69) is 17.1 Å². The molecule has 0 bridgehead atoms. The zero-order valence-electron chi connectivity index (χ0n) is 19.0. The number of halogens is 3. The van der Waals surface area contributed by atoms with Gasteiger partial charge >= 0.3 is 6.18 Å². The van der Waals surface area contributed by atoms with Gasteiger partial charge in [-0.25, -0.2) is 4.98 Å². The van der Waals surface area contributed by atoms with E-state index in [0.717, 1.165) is 39.4 Å². The van der Waals surface area contributed by atoms with Crippen molar-refractivity contribution in [2.45, 2.75) is 12.7 Å². The maximum absolute atomic E-state index is 13.3. The Bertz CT molecular complexity index is 1500. The molecule has 0 aliphatic heterocycles. The number of rotatable bonds is 5. The Kier molecular flexibility index (Phi) is 5.95. The lowest BCUT2D eigenvalue weighted by molar-refractivity contribution is -0.138. The number of aliphatic imine (C=N–C) groups is 1. The van der Waals surface area contributed by atoms with Gasteiger partial charge in [0.1, 0.15) is 0 Å². The van der Waals surface area contributed by atoms with Gasteiger partial charge in [0.05, 0.1) is 29.4 Å². The van der Waals surface area contributed by atoms with Gasteiger partial charge < -0.3 is 4.57 Å². The summed E-state index contributed by atoms with van der Waals surface area (Å²) in [6.45, 7) is -0.0873. The average molecular weight is 470 g/mol. The second-order valence-corrected chi connectivity index (χ2v) is 8.24. The van der Waals surface area contributed by atoms with Crippen LogP contribution in [0.15, 0.2) is 102 Å². The number of hydrogen-bond acceptors (Lipinski definition) is 2. The van der Waals surface area contributed by atoms with E-state index < -0.39 is 11.7 Å². The van der Waals surface area contributed by atoms with E-state index >= 15 is 0 Å². The molecule has 1 aromatic heterocycles. The Labute approximate surface area is 201 Å². The van der Waals surface area contributed by atoms with Gasteiger partial charge in [0.15, 0.2) is 5.82 Å². The molecule has 0 aliphatic rings. The van der Waals surface area contributed by atoms with Crippen LogP contribution in [0.4, 0.5) is 13.2 Å². The van der Waals surface area contributed by atoms with Gasteiger partial charge in [-0.05, 0) is 22.8 Å². The number of aryl methyl sites for hydroxylation is 1. The molecule has 1 heterocycles. The van der Waals surface area contributed by atoms with Crippen molar-refractivity contribution in [2.24, 2.45) is 12.0 Å². The quantitative estimate of drug-likeness (QED) is 0.245. The second-order valence-electron chi connectivity index (χ2n) is 8.24. The van der Waals surface area contributed by atoms with Crippen molar-refractivity contribution in [1.82, 2.24) is 9.55 Å². The van der Waals surface area contributed by atoms with Gasteiger partial charge in [0.25, 0.3) is 0 Å². The van der Waals surface area contributed by atoms with Crippen LogP contribution < -0.4 is 0 Å². The first kappa shape index (κ1) is 22.6. The smallest absolute Gasteiger partial charge is 0.326 e. The number of imidazole rings is 1. The molecule has 0 saturated heterocycles. The summed E-state index contributed by atoms with van der Waals surface area (Å²) in [6, 6.07) is 29.7. The molecular formula is C29H22F3N3. The van der Waals surface area contributed by atoms with E-state index in [1.54, 1.807) is 12.3 Å². The van der Waals surface area contributed by atoms with Gasteiger partial charge in [-0.15, -0.1) is 0 Å². The minimum atomic E-state index is -4.42. The lowest BCUT2D eigenvalue weighted by Crippen LogP contribution is -2.08. The third-order valence-electron chi connectivity index (χ3n) is 6.02. The number of hydrogen-bond donors (Lipinski definition) is 0. The Balaban J connectivity index is 1.61. The number of benzene rings is 4.